The Morgan fingerprint density at radius 3 is 2.63 bits per heavy atom. The Balaban J connectivity index is 2.08. The van der Waals surface area contributed by atoms with E-state index in [1.165, 1.54) is 18.2 Å². The summed E-state index contributed by atoms with van der Waals surface area (Å²) >= 11 is 5.85. The first-order chi connectivity index (χ1) is 8.88. The molecule has 0 spiro atoms. The molecule has 0 aromatic heterocycles. The number of benzene rings is 1. The maximum atomic E-state index is 12.2. The summed E-state index contributed by atoms with van der Waals surface area (Å²) in [6, 6.07) is 4.37. The average Bonchev–Trinajstić information content (AvgIpc) is 3.11. The second-order valence-corrected chi connectivity index (χ2v) is 7.43. The van der Waals surface area contributed by atoms with E-state index in [1.54, 1.807) is 0 Å². The van der Waals surface area contributed by atoms with Gasteiger partial charge in [-0.25, -0.2) is 13.1 Å². The molecule has 6 heteroatoms. The molecule has 1 aliphatic rings. The Bertz CT molecular complexity index is 568. The maximum absolute atomic E-state index is 12.2. The molecule has 0 heterocycles. The van der Waals surface area contributed by atoms with Gasteiger partial charge in [0.25, 0.3) is 0 Å². The number of sulfonamides is 1. The van der Waals surface area contributed by atoms with Gasteiger partial charge < -0.3 is 5.73 Å². The number of nitrogens with two attached hydrogens (primary N) is 1. The van der Waals surface area contributed by atoms with Crippen LogP contribution >= 0.6 is 11.6 Å². The normalized spacial score (nSPS) is 17.4. The van der Waals surface area contributed by atoms with Crippen LogP contribution in [0.15, 0.2) is 23.1 Å². The standard InChI is InChI=1S/C13H19ClN2O2S/c1-2-5-13(6-7-13)9-16-19(17,18)10-3-4-12(15)11(14)8-10/h3-4,8,16H,2,5-7,9,15H2,1H3. The van der Waals surface area contributed by atoms with Gasteiger partial charge in [0.15, 0.2) is 0 Å². The molecule has 0 bridgehead atoms. The van der Waals surface area contributed by atoms with Crippen LogP contribution in [0, 0.1) is 5.41 Å². The lowest BCUT2D eigenvalue weighted by molar-refractivity contribution is 0.449. The van der Waals surface area contributed by atoms with Crippen LogP contribution in [0.3, 0.4) is 0 Å². The number of hydrogen-bond acceptors (Lipinski definition) is 3. The lowest BCUT2D eigenvalue weighted by Crippen LogP contribution is -2.30. The zero-order valence-corrected chi connectivity index (χ0v) is 12.5. The van der Waals surface area contributed by atoms with E-state index in [1.807, 2.05) is 0 Å². The van der Waals surface area contributed by atoms with Crippen LogP contribution < -0.4 is 10.5 Å². The van der Waals surface area contributed by atoms with Crippen LogP contribution in [-0.4, -0.2) is 15.0 Å². The van der Waals surface area contributed by atoms with Crippen LogP contribution in [0.2, 0.25) is 5.02 Å². The van der Waals surface area contributed by atoms with Gasteiger partial charge in [0.05, 0.1) is 15.6 Å². The molecule has 3 N–H and O–H groups in total. The summed E-state index contributed by atoms with van der Waals surface area (Å²) in [5, 5.41) is 0.262. The third-order valence-corrected chi connectivity index (χ3v) is 5.38. The first-order valence-electron chi connectivity index (χ1n) is 6.43. The predicted octanol–water partition coefficient (Wildman–Crippen LogP) is 2.78. The fourth-order valence-corrected chi connectivity index (χ4v) is 3.66. The Kier molecular flexibility index (Phi) is 4.08. The monoisotopic (exact) mass is 302 g/mol. The minimum atomic E-state index is -3.50. The van der Waals surface area contributed by atoms with Crippen LogP contribution in [0.1, 0.15) is 32.6 Å². The second kappa shape index (κ2) is 5.31. The SMILES string of the molecule is CCCC1(CNS(=O)(=O)c2ccc(N)c(Cl)c2)CC1. The van der Waals surface area contributed by atoms with Gasteiger partial charge in [0.1, 0.15) is 0 Å². The highest BCUT2D eigenvalue weighted by molar-refractivity contribution is 7.89. The molecule has 2 rings (SSSR count). The highest BCUT2D eigenvalue weighted by atomic mass is 35.5. The Morgan fingerprint density at radius 2 is 2.11 bits per heavy atom. The molecule has 0 radical (unpaired) electrons. The van der Waals surface area contributed by atoms with Gasteiger partial charge in [-0.1, -0.05) is 24.9 Å². The van der Waals surface area contributed by atoms with Crippen molar-refractivity contribution in [3.63, 3.8) is 0 Å². The molecule has 0 aliphatic heterocycles. The third kappa shape index (κ3) is 3.41. The number of nitrogen functional groups attached to an aromatic ring is 1. The van der Waals surface area contributed by atoms with Gasteiger partial charge in [-0.2, -0.15) is 0 Å². The molecule has 1 fully saturated rings. The average molecular weight is 303 g/mol. The minimum absolute atomic E-state index is 0.166. The Labute approximate surface area is 119 Å². The van der Waals surface area contributed by atoms with Gasteiger partial charge >= 0.3 is 0 Å². The van der Waals surface area contributed by atoms with E-state index in [2.05, 4.69) is 11.6 Å². The lowest BCUT2D eigenvalue weighted by Gasteiger charge is -2.15. The zero-order chi connectivity index (χ0) is 14.1. The van der Waals surface area contributed by atoms with Crippen LogP contribution in [0.25, 0.3) is 0 Å². The van der Waals surface area contributed by atoms with Gasteiger partial charge in [-0.3, -0.25) is 0 Å². The number of halogens is 1. The molecule has 4 nitrogen and oxygen atoms in total. The van der Waals surface area contributed by atoms with Crippen molar-refractivity contribution in [2.45, 2.75) is 37.5 Å². The van der Waals surface area contributed by atoms with E-state index in [-0.39, 0.29) is 15.3 Å². The summed E-state index contributed by atoms with van der Waals surface area (Å²) < 4.78 is 27.0. The van der Waals surface area contributed by atoms with E-state index in [4.69, 9.17) is 17.3 Å². The quantitative estimate of drug-likeness (QED) is 0.794. The van der Waals surface area contributed by atoms with Gasteiger partial charge in [0, 0.05) is 6.54 Å². The van der Waals surface area contributed by atoms with E-state index < -0.39 is 10.0 Å². The molecule has 1 aromatic rings. The van der Waals surface area contributed by atoms with Crippen molar-refractivity contribution >= 4 is 27.3 Å². The topological polar surface area (TPSA) is 72.2 Å². The van der Waals surface area contributed by atoms with Crippen molar-refractivity contribution in [2.24, 2.45) is 5.41 Å². The zero-order valence-electron chi connectivity index (χ0n) is 10.9. The summed E-state index contributed by atoms with van der Waals surface area (Å²) in [4.78, 5) is 0.166. The largest absolute Gasteiger partial charge is 0.398 e. The van der Waals surface area contributed by atoms with Crippen molar-refractivity contribution in [2.75, 3.05) is 12.3 Å². The molecule has 1 saturated carbocycles. The first-order valence-corrected chi connectivity index (χ1v) is 8.29. The molecule has 0 atom stereocenters. The molecule has 106 valence electrons. The Hall–Kier alpha value is -0.780. The number of hydrogen-bond donors (Lipinski definition) is 2. The number of rotatable bonds is 6. The van der Waals surface area contributed by atoms with E-state index >= 15 is 0 Å². The highest BCUT2D eigenvalue weighted by Crippen LogP contribution is 2.49. The van der Waals surface area contributed by atoms with Gasteiger partial charge in [0.2, 0.25) is 10.0 Å². The summed E-state index contributed by atoms with van der Waals surface area (Å²) in [7, 11) is -3.50. The fourth-order valence-electron chi connectivity index (χ4n) is 2.23. The molecular weight excluding hydrogens is 284 g/mol. The first kappa shape index (κ1) is 14.6. The summed E-state index contributed by atoms with van der Waals surface area (Å²) in [6.45, 7) is 2.62. The molecular formula is C13H19ClN2O2S. The molecule has 0 unspecified atom stereocenters. The van der Waals surface area contributed by atoms with E-state index in [9.17, 15) is 8.42 Å². The second-order valence-electron chi connectivity index (χ2n) is 5.26. The van der Waals surface area contributed by atoms with Crippen molar-refractivity contribution in [1.29, 1.82) is 0 Å². The van der Waals surface area contributed by atoms with Gasteiger partial charge in [-0.05, 0) is 42.9 Å². The van der Waals surface area contributed by atoms with Crippen molar-refractivity contribution in [3.8, 4) is 0 Å². The third-order valence-electron chi connectivity index (χ3n) is 3.66. The maximum Gasteiger partial charge on any atom is 0.240 e. The number of nitrogens with one attached hydrogen (secondary N) is 1. The van der Waals surface area contributed by atoms with Crippen molar-refractivity contribution < 1.29 is 8.42 Å². The van der Waals surface area contributed by atoms with Crippen LogP contribution in [0.5, 0.6) is 0 Å². The summed E-state index contributed by atoms with van der Waals surface area (Å²) in [5.74, 6) is 0. The highest BCUT2D eigenvalue weighted by Gasteiger charge is 2.42. The van der Waals surface area contributed by atoms with Crippen LogP contribution in [0.4, 0.5) is 5.69 Å². The van der Waals surface area contributed by atoms with Crippen LogP contribution in [-0.2, 0) is 10.0 Å². The molecule has 19 heavy (non-hydrogen) atoms. The predicted molar refractivity (Wildman–Crippen MR) is 77.6 cm³/mol. The molecule has 0 amide bonds. The fraction of sp³-hybridized carbons (Fsp3) is 0.538. The Morgan fingerprint density at radius 1 is 1.42 bits per heavy atom. The minimum Gasteiger partial charge on any atom is -0.398 e. The van der Waals surface area contributed by atoms with Gasteiger partial charge in [-0.15, -0.1) is 0 Å². The van der Waals surface area contributed by atoms with Crippen molar-refractivity contribution in [1.82, 2.24) is 4.72 Å². The smallest absolute Gasteiger partial charge is 0.240 e. The number of anilines is 1. The molecule has 1 aromatic carbocycles. The molecule has 0 saturated heterocycles. The summed E-state index contributed by atoms with van der Waals surface area (Å²) in [5.41, 5.74) is 6.14. The van der Waals surface area contributed by atoms with Crippen molar-refractivity contribution in [3.05, 3.63) is 23.2 Å². The van der Waals surface area contributed by atoms with E-state index in [0.29, 0.717) is 12.2 Å². The lowest BCUT2D eigenvalue weighted by atomic mass is 10.0. The van der Waals surface area contributed by atoms with E-state index in [0.717, 1.165) is 25.7 Å². The summed E-state index contributed by atoms with van der Waals surface area (Å²) in [6.07, 6.45) is 4.35. The molecule has 1 aliphatic carbocycles.